The van der Waals surface area contributed by atoms with Crippen molar-refractivity contribution in [2.24, 2.45) is 5.92 Å². The molecule has 0 atom stereocenters. The summed E-state index contributed by atoms with van der Waals surface area (Å²) in [5.74, 6) is 2.05. The van der Waals surface area contributed by atoms with Crippen LogP contribution in [0.3, 0.4) is 0 Å². The number of fused-ring (bicyclic) bond motifs is 4. The van der Waals surface area contributed by atoms with Crippen LogP contribution in [0.1, 0.15) is 75.6 Å². The number of aryl methyl sites for hydroxylation is 1. The van der Waals surface area contributed by atoms with Gasteiger partial charge in [0.1, 0.15) is 5.58 Å². The predicted molar refractivity (Wildman–Crippen MR) is 259 cm³/mol. The van der Waals surface area contributed by atoms with Crippen molar-refractivity contribution in [3.05, 3.63) is 162 Å². The molecule has 0 spiro atoms. The maximum Gasteiger partial charge on any atom is 0.120 e. The Hall–Kier alpha value is -5.46. The molecule has 317 valence electrons. The van der Waals surface area contributed by atoms with Gasteiger partial charge in [-0.15, -0.1) is 54.1 Å². The standard InChI is InChI=1S/C37H32N3O.C18H24NSi.Ir/c1-22(2)30-18-26(25-12-7-6-8-13-25)19-31(23(3)4)35(30)40-34-24(5)20-38-21-32(34)39-37(40)29-16-11-15-28-27-14-9-10-17-33(27)41-36(28)29;1-14(2)11-16-12-17(15-9-7-6-8-10-15)19-13-18(16)20(3,4)5;/h6-15,17-23H,1-5H3;6-9,12-14H,11H2,1-5H3;/q2*-1;. The Labute approximate surface area is 382 Å². The second kappa shape index (κ2) is 18.5. The van der Waals surface area contributed by atoms with Crippen molar-refractivity contribution < 1.29 is 24.5 Å². The van der Waals surface area contributed by atoms with E-state index in [1.165, 1.54) is 38.7 Å². The molecule has 0 saturated carbocycles. The molecule has 0 aliphatic rings. The van der Waals surface area contributed by atoms with Crippen molar-refractivity contribution in [2.45, 2.75) is 86.4 Å². The fraction of sp³-hybridized carbons (Fsp3) is 0.255. The maximum absolute atomic E-state index is 6.49. The second-order valence-electron chi connectivity index (χ2n) is 18.3. The Bertz CT molecular complexity index is 2950. The molecular weight excluding hydrogens is 953 g/mol. The second-order valence-corrected chi connectivity index (χ2v) is 23.4. The van der Waals surface area contributed by atoms with Crippen LogP contribution >= 0.6 is 0 Å². The molecule has 5 nitrogen and oxygen atoms in total. The SMILES string of the molecule is CC(C)Cc1cc(-c2[c-]cccc2)ncc1[Si](C)(C)C.Cc1cncc2nc(-c3[c-]ccc4c3oc3ccccc34)n(-c3c(C(C)C)cc(-c4ccccc4)cc3C(C)C)c12.[Ir]. The van der Waals surface area contributed by atoms with Crippen LogP contribution in [0.5, 0.6) is 0 Å². The van der Waals surface area contributed by atoms with E-state index in [-0.39, 0.29) is 31.9 Å². The van der Waals surface area contributed by atoms with Gasteiger partial charge in [0.05, 0.1) is 36.7 Å². The number of rotatable bonds is 9. The summed E-state index contributed by atoms with van der Waals surface area (Å²) >= 11 is 0. The summed E-state index contributed by atoms with van der Waals surface area (Å²) in [5.41, 5.74) is 15.3. The van der Waals surface area contributed by atoms with Gasteiger partial charge in [0.2, 0.25) is 0 Å². The molecule has 1 radical (unpaired) electrons. The summed E-state index contributed by atoms with van der Waals surface area (Å²) in [5, 5.41) is 3.65. The van der Waals surface area contributed by atoms with Gasteiger partial charge in [0.25, 0.3) is 0 Å². The Morgan fingerprint density at radius 3 is 2.06 bits per heavy atom. The van der Waals surface area contributed by atoms with E-state index < -0.39 is 8.07 Å². The number of nitrogens with zero attached hydrogens (tertiary/aromatic N) is 4. The number of benzene rings is 5. The van der Waals surface area contributed by atoms with E-state index in [0.717, 1.165) is 67.6 Å². The van der Waals surface area contributed by atoms with Crippen LogP contribution in [0, 0.1) is 25.0 Å². The minimum Gasteiger partial charge on any atom is -0.501 e. The number of imidazole rings is 1. The van der Waals surface area contributed by atoms with Crippen molar-refractivity contribution in [3.8, 4) is 39.5 Å². The first-order valence-corrected chi connectivity index (χ1v) is 25.2. The van der Waals surface area contributed by atoms with Crippen molar-refractivity contribution in [3.63, 3.8) is 0 Å². The third kappa shape index (κ3) is 8.90. The van der Waals surface area contributed by atoms with Crippen molar-refractivity contribution in [2.75, 3.05) is 0 Å². The summed E-state index contributed by atoms with van der Waals surface area (Å²) in [7, 11) is -1.34. The average molecular weight is 1010 g/mol. The van der Waals surface area contributed by atoms with Gasteiger partial charge in [-0.1, -0.05) is 132 Å². The molecule has 0 bridgehead atoms. The van der Waals surface area contributed by atoms with E-state index in [1.54, 1.807) is 0 Å². The molecule has 0 aliphatic carbocycles. The van der Waals surface area contributed by atoms with Gasteiger partial charge in [0, 0.05) is 43.6 Å². The first-order chi connectivity index (χ1) is 29.3. The number of hydrogen-bond acceptors (Lipinski definition) is 4. The van der Waals surface area contributed by atoms with Crippen LogP contribution in [0.4, 0.5) is 0 Å². The summed E-state index contributed by atoms with van der Waals surface area (Å²) in [4.78, 5) is 14.4. The van der Waals surface area contributed by atoms with Crippen molar-refractivity contribution >= 4 is 46.2 Å². The zero-order chi connectivity index (χ0) is 43.0. The number of hydrogen-bond donors (Lipinski definition) is 0. The molecule has 0 unspecified atom stereocenters. The zero-order valence-corrected chi connectivity index (χ0v) is 41.0. The Morgan fingerprint density at radius 1 is 0.710 bits per heavy atom. The van der Waals surface area contributed by atoms with Crippen LogP contribution < -0.4 is 5.19 Å². The number of para-hydroxylation sites is 1. The van der Waals surface area contributed by atoms with Gasteiger partial charge in [-0.2, -0.15) is 0 Å². The van der Waals surface area contributed by atoms with Gasteiger partial charge in [-0.3, -0.25) is 9.97 Å². The monoisotopic (exact) mass is 1010 g/mol. The minimum absolute atomic E-state index is 0. The largest absolute Gasteiger partial charge is 0.501 e. The summed E-state index contributed by atoms with van der Waals surface area (Å²) in [6.07, 6.45) is 7.03. The van der Waals surface area contributed by atoms with E-state index in [4.69, 9.17) is 9.40 Å². The molecule has 9 rings (SSSR count). The van der Waals surface area contributed by atoms with Crippen molar-refractivity contribution in [1.29, 1.82) is 0 Å². The van der Waals surface area contributed by atoms with Crippen LogP contribution in [0.2, 0.25) is 19.6 Å². The van der Waals surface area contributed by atoms with E-state index in [0.29, 0.717) is 5.92 Å². The molecule has 9 aromatic rings. The number of aromatic nitrogens is 4. The summed E-state index contributed by atoms with van der Waals surface area (Å²) in [6, 6.07) is 44.8. The minimum atomic E-state index is -1.34. The van der Waals surface area contributed by atoms with Gasteiger partial charge in [0.15, 0.2) is 0 Å². The summed E-state index contributed by atoms with van der Waals surface area (Å²) in [6.45, 7) is 22.9. The molecule has 5 aromatic carbocycles. The van der Waals surface area contributed by atoms with E-state index >= 15 is 0 Å². The summed E-state index contributed by atoms with van der Waals surface area (Å²) < 4.78 is 8.84. The van der Waals surface area contributed by atoms with Crippen molar-refractivity contribution in [1.82, 2.24) is 19.5 Å². The van der Waals surface area contributed by atoms with Gasteiger partial charge < -0.3 is 14.0 Å². The quantitative estimate of drug-likeness (QED) is 0.107. The van der Waals surface area contributed by atoms with E-state index in [2.05, 4.69) is 174 Å². The maximum atomic E-state index is 6.49. The smallest absolute Gasteiger partial charge is 0.120 e. The van der Waals surface area contributed by atoms with E-state index in [1.807, 2.05) is 48.8 Å². The third-order valence-electron chi connectivity index (χ3n) is 11.5. The van der Waals surface area contributed by atoms with Crippen LogP contribution in [-0.4, -0.2) is 27.6 Å². The molecular formula is C55H56IrN4OSi-2. The Kier molecular flexibility index (Phi) is 13.3. The van der Waals surface area contributed by atoms with E-state index in [9.17, 15) is 0 Å². The molecule has 4 heterocycles. The third-order valence-corrected chi connectivity index (χ3v) is 13.5. The predicted octanol–water partition coefficient (Wildman–Crippen LogP) is 14.3. The molecule has 0 amide bonds. The van der Waals surface area contributed by atoms with Crippen LogP contribution in [0.25, 0.3) is 72.4 Å². The fourth-order valence-corrected chi connectivity index (χ4v) is 10.1. The molecule has 0 saturated heterocycles. The molecule has 62 heavy (non-hydrogen) atoms. The van der Waals surface area contributed by atoms with Gasteiger partial charge in [-0.05, 0) is 88.0 Å². The molecule has 7 heteroatoms. The first kappa shape index (κ1) is 44.6. The molecule has 0 fully saturated rings. The number of furan rings is 1. The molecule has 0 aliphatic heterocycles. The molecule has 4 aromatic heterocycles. The zero-order valence-electron chi connectivity index (χ0n) is 37.6. The Balaban J connectivity index is 0.000000233. The molecule has 0 N–H and O–H groups in total. The number of pyridine rings is 2. The normalized spacial score (nSPS) is 11.8. The van der Waals surface area contributed by atoms with Gasteiger partial charge in [-0.25, -0.2) is 0 Å². The Morgan fingerprint density at radius 2 is 1.40 bits per heavy atom. The van der Waals surface area contributed by atoms with Crippen LogP contribution in [-0.2, 0) is 26.5 Å². The topological polar surface area (TPSA) is 56.7 Å². The van der Waals surface area contributed by atoms with Crippen LogP contribution in [0.15, 0.2) is 132 Å². The first-order valence-electron chi connectivity index (χ1n) is 21.7. The van der Waals surface area contributed by atoms with Gasteiger partial charge >= 0.3 is 0 Å². The average Bonchev–Trinajstić information content (AvgIpc) is 3.83. The fourth-order valence-electron chi connectivity index (χ4n) is 8.53.